The Morgan fingerprint density at radius 3 is 2.29 bits per heavy atom. The topological polar surface area (TPSA) is 32.7 Å². The van der Waals surface area contributed by atoms with Crippen molar-refractivity contribution in [3.8, 4) is 0 Å². The molecule has 2 heterocycles. The quantitative estimate of drug-likeness (QED) is 0.849. The minimum atomic E-state index is -4.38. The highest BCUT2D eigenvalue weighted by Crippen LogP contribution is 2.43. The van der Waals surface area contributed by atoms with Crippen molar-refractivity contribution >= 4 is 0 Å². The van der Waals surface area contributed by atoms with Crippen molar-refractivity contribution in [2.75, 3.05) is 13.2 Å². The van der Waals surface area contributed by atoms with Crippen LogP contribution in [0.25, 0.3) is 0 Å². The Hall–Kier alpha value is -1.89. The smallest absolute Gasteiger partial charge is 0.385 e. The molecule has 2 atom stereocenters. The number of halogens is 3. The standard InChI is InChI=1S/C22H24F3NO2/c1-15-9-17(7-8-20(15)22(23,24)25)21(27)10-18-13-28-14-19(11-21)26(18)12-16-5-3-2-4-6-16/h2-9,18-19,27H,10-14H2,1H3. The maximum Gasteiger partial charge on any atom is 0.416 e. The summed E-state index contributed by atoms with van der Waals surface area (Å²) in [5.41, 5.74) is 0.127. The van der Waals surface area contributed by atoms with Gasteiger partial charge in [-0.15, -0.1) is 0 Å². The third-order valence-corrected chi connectivity index (χ3v) is 5.98. The van der Waals surface area contributed by atoms with E-state index in [9.17, 15) is 18.3 Å². The van der Waals surface area contributed by atoms with E-state index in [2.05, 4.69) is 17.0 Å². The van der Waals surface area contributed by atoms with E-state index < -0.39 is 17.3 Å². The number of aliphatic hydroxyl groups is 1. The fraction of sp³-hybridized carbons (Fsp3) is 0.455. The second-order valence-electron chi connectivity index (χ2n) is 7.97. The summed E-state index contributed by atoms with van der Waals surface area (Å²) >= 11 is 0. The van der Waals surface area contributed by atoms with Crippen LogP contribution in [0, 0.1) is 6.92 Å². The van der Waals surface area contributed by atoms with Crippen molar-refractivity contribution in [1.29, 1.82) is 0 Å². The number of fused-ring (bicyclic) bond motifs is 2. The van der Waals surface area contributed by atoms with E-state index in [0.717, 1.165) is 12.6 Å². The van der Waals surface area contributed by atoms with Crippen LogP contribution in [0.1, 0.15) is 35.1 Å². The van der Waals surface area contributed by atoms with Gasteiger partial charge in [0.15, 0.2) is 0 Å². The molecular weight excluding hydrogens is 367 g/mol. The Morgan fingerprint density at radius 1 is 1.07 bits per heavy atom. The first-order valence-corrected chi connectivity index (χ1v) is 9.54. The molecule has 2 fully saturated rings. The van der Waals surface area contributed by atoms with Crippen LogP contribution in [-0.2, 0) is 23.1 Å². The molecule has 1 N–H and O–H groups in total. The molecule has 2 saturated heterocycles. The molecule has 4 rings (SSSR count). The van der Waals surface area contributed by atoms with Crippen LogP contribution >= 0.6 is 0 Å². The number of morpholine rings is 1. The average Bonchev–Trinajstić information content (AvgIpc) is 2.62. The monoisotopic (exact) mass is 391 g/mol. The number of aryl methyl sites for hydroxylation is 1. The maximum atomic E-state index is 13.1. The second kappa shape index (κ2) is 7.17. The number of benzene rings is 2. The second-order valence-corrected chi connectivity index (χ2v) is 7.97. The minimum Gasteiger partial charge on any atom is -0.385 e. The number of hydrogen-bond acceptors (Lipinski definition) is 3. The van der Waals surface area contributed by atoms with E-state index in [4.69, 9.17) is 4.74 Å². The lowest BCUT2D eigenvalue weighted by Gasteiger charge is -2.52. The van der Waals surface area contributed by atoms with E-state index >= 15 is 0 Å². The van der Waals surface area contributed by atoms with E-state index in [1.807, 2.05) is 18.2 Å². The third kappa shape index (κ3) is 3.69. The molecule has 2 bridgehead atoms. The van der Waals surface area contributed by atoms with Crippen LogP contribution in [0.5, 0.6) is 0 Å². The Balaban J connectivity index is 1.58. The summed E-state index contributed by atoms with van der Waals surface area (Å²) in [4.78, 5) is 2.37. The largest absolute Gasteiger partial charge is 0.416 e. The van der Waals surface area contributed by atoms with Crippen LogP contribution in [0.3, 0.4) is 0 Å². The van der Waals surface area contributed by atoms with Gasteiger partial charge in [-0.25, -0.2) is 0 Å². The molecule has 2 aromatic rings. The summed E-state index contributed by atoms with van der Waals surface area (Å²) in [6, 6.07) is 14.2. The number of ether oxygens (including phenoxy) is 1. The molecule has 0 saturated carbocycles. The molecule has 2 aliphatic rings. The van der Waals surface area contributed by atoms with Gasteiger partial charge in [0.25, 0.3) is 0 Å². The van der Waals surface area contributed by atoms with E-state index in [-0.39, 0.29) is 17.6 Å². The molecule has 3 nitrogen and oxygen atoms in total. The van der Waals surface area contributed by atoms with E-state index in [1.165, 1.54) is 24.6 Å². The SMILES string of the molecule is Cc1cc(C2(O)CC3COCC(C2)N3Cc2ccccc2)ccc1C(F)(F)F. The highest BCUT2D eigenvalue weighted by atomic mass is 19.4. The molecule has 150 valence electrons. The summed E-state index contributed by atoms with van der Waals surface area (Å²) in [6.45, 7) is 3.27. The van der Waals surface area contributed by atoms with Crippen LogP contribution in [0.2, 0.25) is 0 Å². The Labute approximate surface area is 162 Å². The van der Waals surface area contributed by atoms with Gasteiger partial charge in [-0.05, 0) is 42.5 Å². The summed E-state index contributed by atoms with van der Waals surface area (Å²) in [7, 11) is 0. The van der Waals surface area contributed by atoms with Crippen molar-refractivity contribution < 1.29 is 23.0 Å². The van der Waals surface area contributed by atoms with Gasteiger partial charge < -0.3 is 9.84 Å². The molecule has 28 heavy (non-hydrogen) atoms. The zero-order chi connectivity index (χ0) is 19.9. The number of hydrogen-bond donors (Lipinski definition) is 1. The van der Waals surface area contributed by atoms with Gasteiger partial charge in [0.1, 0.15) is 0 Å². The van der Waals surface area contributed by atoms with Crippen molar-refractivity contribution in [2.45, 2.75) is 50.2 Å². The van der Waals surface area contributed by atoms with Gasteiger partial charge in [0.2, 0.25) is 0 Å². The first kappa shape index (κ1) is 19.4. The van der Waals surface area contributed by atoms with Gasteiger partial charge in [0.05, 0.1) is 24.4 Å². The lowest BCUT2D eigenvalue weighted by molar-refractivity contribution is -0.150. The maximum absolute atomic E-state index is 13.1. The molecule has 0 amide bonds. The molecule has 2 aromatic carbocycles. The molecule has 0 aliphatic carbocycles. The van der Waals surface area contributed by atoms with Gasteiger partial charge in [-0.1, -0.05) is 42.5 Å². The molecule has 6 heteroatoms. The number of alkyl halides is 3. The molecule has 0 spiro atoms. The molecular formula is C22H24F3NO2. The molecule has 2 aliphatic heterocycles. The number of nitrogens with zero attached hydrogens (tertiary/aromatic N) is 1. The van der Waals surface area contributed by atoms with Gasteiger partial charge >= 0.3 is 6.18 Å². The van der Waals surface area contributed by atoms with Crippen LogP contribution in [0.15, 0.2) is 48.5 Å². The van der Waals surface area contributed by atoms with Crippen molar-refractivity contribution in [1.82, 2.24) is 4.90 Å². The molecule has 0 aromatic heterocycles. The lowest BCUT2D eigenvalue weighted by Crippen LogP contribution is -2.60. The van der Waals surface area contributed by atoms with E-state index in [0.29, 0.717) is 31.6 Å². The van der Waals surface area contributed by atoms with Crippen molar-refractivity contribution in [3.05, 3.63) is 70.8 Å². The normalized spacial score (nSPS) is 28.3. The zero-order valence-electron chi connectivity index (χ0n) is 15.7. The van der Waals surface area contributed by atoms with Gasteiger partial charge in [0, 0.05) is 18.6 Å². The van der Waals surface area contributed by atoms with Gasteiger partial charge in [-0.3, -0.25) is 4.90 Å². The van der Waals surface area contributed by atoms with Gasteiger partial charge in [-0.2, -0.15) is 13.2 Å². The molecule has 0 radical (unpaired) electrons. The Bertz CT molecular complexity index is 823. The van der Waals surface area contributed by atoms with Crippen LogP contribution in [-0.4, -0.2) is 35.3 Å². The van der Waals surface area contributed by atoms with Crippen LogP contribution < -0.4 is 0 Å². The van der Waals surface area contributed by atoms with Crippen LogP contribution in [0.4, 0.5) is 13.2 Å². The highest BCUT2D eigenvalue weighted by molar-refractivity contribution is 5.36. The number of piperidine rings is 1. The summed E-state index contributed by atoms with van der Waals surface area (Å²) in [6.07, 6.45) is -3.49. The first-order chi connectivity index (χ1) is 13.3. The minimum absolute atomic E-state index is 0.0281. The van der Waals surface area contributed by atoms with Crippen molar-refractivity contribution in [2.24, 2.45) is 0 Å². The highest BCUT2D eigenvalue weighted by Gasteiger charge is 2.47. The fourth-order valence-electron chi connectivity index (χ4n) is 4.60. The predicted molar refractivity (Wildman–Crippen MR) is 99.7 cm³/mol. The van der Waals surface area contributed by atoms with E-state index in [1.54, 1.807) is 0 Å². The Kier molecular flexibility index (Phi) is 4.98. The third-order valence-electron chi connectivity index (χ3n) is 5.98. The van der Waals surface area contributed by atoms with Crippen molar-refractivity contribution in [3.63, 3.8) is 0 Å². The Morgan fingerprint density at radius 2 is 1.71 bits per heavy atom. The summed E-state index contributed by atoms with van der Waals surface area (Å²) < 4.78 is 45.0. The summed E-state index contributed by atoms with van der Waals surface area (Å²) in [5.74, 6) is 0. The zero-order valence-corrected chi connectivity index (χ0v) is 15.7. The molecule has 2 unspecified atom stereocenters. The lowest BCUT2D eigenvalue weighted by atomic mass is 9.76. The average molecular weight is 391 g/mol. The first-order valence-electron chi connectivity index (χ1n) is 9.54. The predicted octanol–water partition coefficient (Wildman–Crippen LogP) is 4.26. The summed E-state index contributed by atoms with van der Waals surface area (Å²) in [5, 5.41) is 11.4. The number of rotatable bonds is 3. The fourth-order valence-corrected chi connectivity index (χ4v) is 4.60.